The molecular weight excluding hydrogens is 302 g/mol. The molecule has 2 unspecified atom stereocenters. The van der Waals surface area contributed by atoms with Crippen LogP contribution in [0.25, 0.3) is 0 Å². The van der Waals surface area contributed by atoms with Gasteiger partial charge in [0.15, 0.2) is 0 Å². The van der Waals surface area contributed by atoms with Crippen LogP contribution in [0.1, 0.15) is 62.5 Å². The zero-order valence-electron chi connectivity index (χ0n) is 14.6. The van der Waals surface area contributed by atoms with Gasteiger partial charge in [-0.2, -0.15) is 0 Å². The lowest BCUT2D eigenvalue weighted by Crippen LogP contribution is -2.40. The van der Waals surface area contributed by atoms with Crippen LogP contribution in [-0.4, -0.2) is 22.2 Å². The highest BCUT2D eigenvalue weighted by Crippen LogP contribution is 2.47. The van der Waals surface area contributed by atoms with Gasteiger partial charge in [0.1, 0.15) is 23.4 Å². The molecule has 2 fully saturated rings. The topological polar surface area (TPSA) is 52.2 Å². The molecule has 2 aromatic rings. The molecule has 2 aromatic heterocycles. The number of imidazole rings is 1. The fraction of sp³-hybridized carbons (Fsp3) is 0.632. The predicted molar refractivity (Wildman–Crippen MR) is 91.7 cm³/mol. The number of nitrogens with zero attached hydrogens (tertiary/aromatic N) is 2. The smallest absolute Gasteiger partial charge is 0.139 e. The molecule has 0 radical (unpaired) electrons. The van der Waals surface area contributed by atoms with Crippen molar-refractivity contribution in [3.63, 3.8) is 0 Å². The lowest BCUT2D eigenvalue weighted by atomic mass is 10.0. The molecule has 2 aliphatic rings. The summed E-state index contributed by atoms with van der Waals surface area (Å²) >= 11 is 0. The van der Waals surface area contributed by atoms with Gasteiger partial charge in [-0.15, -0.1) is 0 Å². The standard InChI is InChI=1S/C19H27N3O2/c1-3-22-9-8-20-19(22)18-16(5-4-10-23-18)21-12-14-6-7-17(24-14)15-11-13(15)2/h6-9,13,15-16,18,21H,3-5,10-12H2,1-2H3/t13?,15?,16-,18-/m0/s1. The molecule has 3 heterocycles. The molecule has 24 heavy (non-hydrogen) atoms. The van der Waals surface area contributed by atoms with E-state index >= 15 is 0 Å². The summed E-state index contributed by atoms with van der Waals surface area (Å²) in [6.45, 7) is 6.90. The molecule has 0 aromatic carbocycles. The Labute approximate surface area is 143 Å². The average Bonchev–Trinajstić information content (AvgIpc) is 3.04. The molecule has 1 aliphatic carbocycles. The van der Waals surface area contributed by atoms with E-state index in [9.17, 15) is 0 Å². The van der Waals surface area contributed by atoms with Crippen molar-refractivity contribution < 1.29 is 9.15 Å². The number of furan rings is 1. The van der Waals surface area contributed by atoms with Crippen LogP contribution in [0.4, 0.5) is 0 Å². The fourth-order valence-electron chi connectivity index (χ4n) is 3.73. The van der Waals surface area contributed by atoms with Crippen molar-refractivity contribution in [1.82, 2.24) is 14.9 Å². The van der Waals surface area contributed by atoms with Crippen LogP contribution in [0, 0.1) is 5.92 Å². The van der Waals surface area contributed by atoms with Crippen molar-refractivity contribution in [1.29, 1.82) is 0 Å². The van der Waals surface area contributed by atoms with Gasteiger partial charge in [-0.3, -0.25) is 0 Å². The van der Waals surface area contributed by atoms with Gasteiger partial charge in [0.25, 0.3) is 0 Å². The Kier molecular flexibility index (Phi) is 4.46. The third-order valence-electron chi connectivity index (χ3n) is 5.36. The second kappa shape index (κ2) is 6.73. The quantitative estimate of drug-likeness (QED) is 0.879. The number of rotatable bonds is 6. The lowest BCUT2D eigenvalue weighted by molar-refractivity contribution is -0.0186. The Balaban J connectivity index is 1.41. The fourth-order valence-corrected chi connectivity index (χ4v) is 3.73. The lowest BCUT2D eigenvalue weighted by Gasteiger charge is -2.32. The van der Waals surface area contributed by atoms with Crippen molar-refractivity contribution >= 4 is 0 Å². The van der Waals surface area contributed by atoms with Crippen molar-refractivity contribution in [2.24, 2.45) is 5.92 Å². The van der Waals surface area contributed by atoms with Crippen LogP contribution in [0.2, 0.25) is 0 Å². The van der Waals surface area contributed by atoms with Crippen LogP contribution < -0.4 is 5.32 Å². The Hall–Kier alpha value is -1.59. The third kappa shape index (κ3) is 3.15. The first-order chi connectivity index (χ1) is 11.8. The minimum absolute atomic E-state index is 0.0200. The van der Waals surface area contributed by atoms with Gasteiger partial charge in [0.05, 0.1) is 6.54 Å². The third-order valence-corrected chi connectivity index (χ3v) is 5.36. The monoisotopic (exact) mass is 329 g/mol. The van der Waals surface area contributed by atoms with E-state index in [1.165, 1.54) is 6.42 Å². The predicted octanol–water partition coefficient (Wildman–Crippen LogP) is 3.63. The zero-order chi connectivity index (χ0) is 16.5. The molecule has 0 spiro atoms. The molecule has 0 bridgehead atoms. The van der Waals surface area contributed by atoms with Crippen LogP contribution in [0.15, 0.2) is 28.9 Å². The first-order valence-electron chi connectivity index (χ1n) is 9.21. The molecule has 5 nitrogen and oxygen atoms in total. The van der Waals surface area contributed by atoms with Gasteiger partial charge in [0, 0.05) is 37.5 Å². The minimum atomic E-state index is 0.0200. The van der Waals surface area contributed by atoms with E-state index < -0.39 is 0 Å². The van der Waals surface area contributed by atoms with Gasteiger partial charge < -0.3 is 19.0 Å². The van der Waals surface area contributed by atoms with Gasteiger partial charge >= 0.3 is 0 Å². The normalized spacial score (nSPS) is 29.8. The Bertz CT molecular complexity index is 678. The molecule has 0 amide bonds. The second-order valence-electron chi connectivity index (χ2n) is 7.12. The summed E-state index contributed by atoms with van der Waals surface area (Å²) < 4.78 is 14.2. The molecule has 4 atom stereocenters. The summed E-state index contributed by atoms with van der Waals surface area (Å²) in [5, 5.41) is 3.64. The van der Waals surface area contributed by atoms with Crippen molar-refractivity contribution in [2.45, 2.75) is 64.3 Å². The van der Waals surface area contributed by atoms with E-state index in [2.05, 4.69) is 40.8 Å². The van der Waals surface area contributed by atoms with Crippen molar-refractivity contribution in [3.05, 3.63) is 41.9 Å². The van der Waals surface area contributed by atoms with Crippen LogP contribution >= 0.6 is 0 Å². The van der Waals surface area contributed by atoms with Gasteiger partial charge in [-0.05, 0) is 44.2 Å². The van der Waals surface area contributed by atoms with Crippen LogP contribution in [-0.2, 0) is 17.8 Å². The molecular formula is C19H27N3O2. The summed E-state index contributed by atoms with van der Waals surface area (Å²) in [6.07, 6.45) is 7.37. The highest BCUT2D eigenvalue weighted by atomic mass is 16.5. The number of aromatic nitrogens is 2. The van der Waals surface area contributed by atoms with E-state index in [0.29, 0.717) is 5.92 Å². The van der Waals surface area contributed by atoms with E-state index in [4.69, 9.17) is 9.15 Å². The Morgan fingerprint density at radius 1 is 1.38 bits per heavy atom. The zero-order valence-corrected chi connectivity index (χ0v) is 14.6. The minimum Gasteiger partial charge on any atom is -0.464 e. The van der Waals surface area contributed by atoms with E-state index in [-0.39, 0.29) is 12.1 Å². The van der Waals surface area contributed by atoms with Gasteiger partial charge in [-0.25, -0.2) is 4.98 Å². The number of hydrogen-bond donors (Lipinski definition) is 1. The number of nitrogens with one attached hydrogen (secondary N) is 1. The van der Waals surface area contributed by atoms with Gasteiger partial charge in [-0.1, -0.05) is 6.92 Å². The molecule has 4 rings (SSSR count). The number of ether oxygens (including phenoxy) is 1. The summed E-state index contributed by atoms with van der Waals surface area (Å²) in [7, 11) is 0. The maximum absolute atomic E-state index is 6.06. The largest absolute Gasteiger partial charge is 0.464 e. The van der Waals surface area contributed by atoms with Gasteiger partial charge in [0.2, 0.25) is 0 Å². The van der Waals surface area contributed by atoms with Crippen LogP contribution in [0.5, 0.6) is 0 Å². The summed E-state index contributed by atoms with van der Waals surface area (Å²) in [6, 6.07) is 4.53. The molecule has 1 N–H and O–H groups in total. The van der Waals surface area contributed by atoms with E-state index in [1.54, 1.807) is 0 Å². The molecule has 1 aliphatic heterocycles. The second-order valence-corrected chi connectivity index (χ2v) is 7.12. The summed E-state index contributed by atoms with van der Waals surface area (Å²) in [5.74, 6) is 4.62. The highest BCUT2D eigenvalue weighted by molar-refractivity contribution is 5.17. The molecule has 1 saturated carbocycles. The highest BCUT2D eigenvalue weighted by Gasteiger charge is 2.36. The first-order valence-corrected chi connectivity index (χ1v) is 9.21. The number of aryl methyl sites for hydroxylation is 1. The van der Waals surface area contributed by atoms with Crippen molar-refractivity contribution in [3.8, 4) is 0 Å². The first kappa shape index (κ1) is 15.9. The molecule has 1 saturated heterocycles. The van der Waals surface area contributed by atoms with E-state index in [1.807, 2.05) is 12.4 Å². The SMILES string of the molecule is CCn1ccnc1[C@H]1OCCC[C@@H]1NCc1ccc(C2CC2C)o1. The molecule has 130 valence electrons. The Morgan fingerprint density at radius 3 is 3.04 bits per heavy atom. The summed E-state index contributed by atoms with van der Waals surface area (Å²) in [4.78, 5) is 4.53. The van der Waals surface area contributed by atoms with E-state index in [0.717, 1.165) is 55.8 Å². The number of hydrogen-bond acceptors (Lipinski definition) is 4. The maximum atomic E-state index is 6.06. The summed E-state index contributed by atoms with van der Waals surface area (Å²) in [5.41, 5.74) is 0. The maximum Gasteiger partial charge on any atom is 0.139 e. The Morgan fingerprint density at radius 2 is 2.25 bits per heavy atom. The van der Waals surface area contributed by atoms with Crippen molar-refractivity contribution in [2.75, 3.05) is 6.61 Å². The molecule has 5 heteroatoms. The average molecular weight is 329 g/mol. The van der Waals surface area contributed by atoms with Crippen LogP contribution in [0.3, 0.4) is 0 Å².